The van der Waals surface area contributed by atoms with Crippen LogP contribution in [0, 0.1) is 0 Å². The van der Waals surface area contributed by atoms with Crippen molar-refractivity contribution in [1.82, 2.24) is 14.3 Å². The number of nitrogens with one attached hydrogen (secondary N) is 1. The molecule has 114 valence electrons. The molecule has 0 amide bonds. The highest BCUT2D eigenvalue weighted by Gasteiger charge is 2.23. The van der Waals surface area contributed by atoms with Crippen LogP contribution in [-0.2, 0) is 10.0 Å². The third-order valence-electron chi connectivity index (χ3n) is 2.72. The average Bonchev–Trinajstić information content (AvgIpc) is 2.46. The second-order valence-electron chi connectivity index (χ2n) is 4.24. The summed E-state index contributed by atoms with van der Waals surface area (Å²) in [4.78, 5) is 8.07. The van der Waals surface area contributed by atoms with E-state index in [9.17, 15) is 8.42 Å². The van der Waals surface area contributed by atoms with Gasteiger partial charge in [-0.1, -0.05) is 13.8 Å². The normalized spacial score (nSPS) is 11.8. The van der Waals surface area contributed by atoms with Crippen molar-refractivity contribution < 1.29 is 13.5 Å². The van der Waals surface area contributed by atoms with Gasteiger partial charge in [0.25, 0.3) is 0 Å². The first-order valence-corrected chi connectivity index (χ1v) is 8.17. The van der Waals surface area contributed by atoms with Crippen LogP contribution >= 0.6 is 0 Å². The van der Waals surface area contributed by atoms with Crippen LogP contribution in [0.15, 0.2) is 17.3 Å². The lowest BCUT2D eigenvalue weighted by molar-refractivity contribution is 0.271. The fraction of sp³-hybridized carbons (Fsp3) is 0.667. The summed E-state index contributed by atoms with van der Waals surface area (Å²) < 4.78 is 26.0. The molecule has 2 N–H and O–H groups in total. The lowest BCUT2D eigenvalue weighted by Crippen LogP contribution is -2.32. The van der Waals surface area contributed by atoms with Gasteiger partial charge in [0.1, 0.15) is 4.90 Å². The smallest absolute Gasteiger partial charge is 0.246 e. The maximum Gasteiger partial charge on any atom is 0.246 e. The van der Waals surface area contributed by atoms with E-state index in [2.05, 4.69) is 15.3 Å². The predicted molar refractivity (Wildman–Crippen MR) is 76.9 cm³/mol. The summed E-state index contributed by atoms with van der Waals surface area (Å²) in [5, 5.41) is 11.8. The van der Waals surface area contributed by atoms with Crippen molar-refractivity contribution >= 4 is 16.0 Å². The molecule has 0 aliphatic carbocycles. The average molecular weight is 302 g/mol. The number of anilines is 1. The highest BCUT2D eigenvalue weighted by molar-refractivity contribution is 7.89. The van der Waals surface area contributed by atoms with Gasteiger partial charge in [-0.2, -0.15) is 4.31 Å². The summed E-state index contributed by atoms with van der Waals surface area (Å²) in [5.41, 5.74) is 0. The Morgan fingerprint density at radius 3 is 2.45 bits per heavy atom. The molecule has 1 heterocycles. The Kier molecular flexibility index (Phi) is 6.83. The van der Waals surface area contributed by atoms with Crippen molar-refractivity contribution in [2.75, 3.05) is 31.6 Å². The standard InChI is InChI=1S/C12H22N4O3S/c1-3-6-13-12-14-9-11(10-15-12)20(18,19)16(4-2)7-5-8-17/h9-10,17H,3-8H2,1-2H3,(H,13,14,15). The molecule has 0 unspecified atom stereocenters. The first-order valence-electron chi connectivity index (χ1n) is 6.73. The van der Waals surface area contributed by atoms with Gasteiger partial charge in [0.15, 0.2) is 0 Å². The van der Waals surface area contributed by atoms with Crippen molar-refractivity contribution in [1.29, 1.82) is 0 Å². The molecule has 8 heteroatoms. The molecule has 0 saturated heterocycles. The number of hydrogen-bond donors (Lipinski definition) is 2. The van der Waals surface area contributed by atoms with Gasteiger partial charge >= 0.3 is 0 Å². The van der Waals surface area contributed by atoms with E-state index in [0.29, 0.717) is 18.9 Å². The molecular weight excluding hydrogens is 280 g/mol. The van der Waals surface area contributed by atoms with E-state index in [4.69, 9.17) is 5.11 Å². The van der Waals surface area contributed by atoms with Crippen molar-refractivity contribution in [3.63, 3.8) is 0 Å². The highest BCUT2D eigenvalue weighted by atomic mass is 32.2. The van der Waals surface area contributed by atoms with E-state index >= 15 is 0 Å². The van der Waals surface area contributed by atoms with E-state index in [-0.39, 0.29) is 18.0 Å². The second-order valence-corrected chi connectivity index (χ2v) is 6.18. The molecule has 7 nitrogen and oxygen atoms in total. The minimum absolute atomic E-state index is 0.0393. The van der Waals surface area contributed by atoms with Crippen molar-refractivity contribution in [3.05, 3.63) is 12.4 Å². The van der Waals surface area contributed by atoms with E-state index in [1.807, 2.05) is 6.92 Å². The number of aliphatic hydroxyl groups is 1. The molecule has 0 aliphatic rings. The molecule has 20 heavy (non-hydrogen) atoms. The summed E-state index contributed by atoms with van der Waals surface area (Å²) in [7, 11) is -3.59. The molecule has 0 aliphatic heterocycles. The van der Waals surface area contributed by atoms with Gasteiger partial charge in [-0.15, -0.1) is 0 Å². The van der Waals surface area contributed by atoms with Crippen molar-refractivity contribution in [2.24, 2.45) is 0 Å². The molecule has 0 bridgehead atoms. The van der Waals surface area contributed by atoms with Gasteiger partial charge in [0.2, 0.25) is 16.0 Å². The van der Waals surface area contributed by atoms with Gasteiger partial charge < -0.3 is 10.4 Å². The zero-order valence-corrected chi connectivity index (χ0v) is 12.7. The van der Waals surface area contributed by atoms with Crippen LogP contribution in [-0.4, -0.2) is 54.0 Å². The van der Waals surface area contributed by atoms with E-state index in [0.717, 1.165) is 13.0 Å². The van der Waals surface area contributed by atoms with Crippen LogP contribution in [0.2, 0.25) is 0 Å². The first-order chi connectivity index (χ1) is 9.56. The third-order valence-corrected chi connectivity index (χ3v) is 4.64. The van der Waals surface area contributed by atoms with Crippen LogP contribution < -0.4 is 5.32 Å². The largest absolute Gasteiger partial charge is 0.396 e. The number of aromatic nitrogens is 2. The van der Waals surface area contributed by atoms with E-state index in [1.165, 1.54) is 16.7 Å². The Balaban J connectivity index is 2.85. The molecule has 0 radical (unpaired) electrons. The molecule has 1 aromatic rings. The topological polar surface area (TPSA) is 95.4 Å². The minimum atomic E-state index is -3.59. The van der Waals surface area contributed by atoms with Crippen LogP contribution in [0.1, 0.15) is 26.7 Å². The number of rotatable bonds is 9. The molecule has 0 aromatic carbocycles. The van der Waals surface area contributed by atoms with Crippen molar-refractivity contribution in [3.8, 4) is 0 Å². The molecule has 0 saturated carbocycles. The quantitative estimate of drug-likeness (QED) is 0.697. The summed E-state index contributed by atoms with van der Waals surface area (Å²) in [6.45, 7) is 5.11. The maximum absolute atomic E-state index is 12.3. The number of sulfonamides is 1. The predicted octanol–water partition coefficient (Wildman–Crippen LogP) is 0.691. The van der Waals surface area contributed by atoms with Gasteiger partial charge in [-0.3, -0.25) is 0 Å². The van der Waals surface area contributed by atoms with Crippen LogP contribution in [0.5, 0.6) is 0 Å². The molecule has 0 spiro atoms. The monoisotopic (exact) mass is 302 g/mol. The molecular formula is C12H22N4O3S. The second kappa shape index (κ2) is 8.13. The van der Waals surface area contributed by atoms with Gasteiger partial charge in [0.05, 0.1) is 12.4 Å². The molecule has 0 fully saturated rings. The van der Waals surface area contributed by atoms with Crippen LogP contribution in [0.25, 0.3) is 0 Å². The zero-order valence-electron chi connectivity index (χ0n) is 11.9. The fourth-order valence-corrected chi connectivity index (χ4v) is 3.00. The van der Waals surface area contributed by atoms with E-state index < -0.39 is 10.0 Å². The van der Waals surface area contributed by atoms with Gasteiger partial charge in [-0.25, -0.2) is 18.4 Å². The Morgan fingerprint density at radius 2 is 1.95 bits per heavy atom. The SMILES string of the molecule is CCCNc1ncc(S(=O)(=O)N(CC)CCCO)cn1. The first kappa shape index (κ1) is 16.8. The Labute approximate surface area is 120 Å². The Morgan fingerprint density at radius 1 is 1.30 bits per heavy atom. The molecule has 1 rings (SSSR count). The maximum atomic E-state index is 12.3. The number of nitrogens with zero attached hydrogens (tertiary/aromatic N) is 3. The van der Waals surface area contributed by atoms with Gasteiger partial charge in [-0.05, 0) is 12.8 Å². The van der Waals surface area contributed by atoms with Gasteiger partial charge in [0, 0.05) is 26.2 Å². The summed E-state index contributed by atoms with van der Waals surface area (Å²) in [5.74, 6) is 0.421. The fourth-order valence-electron chi connectivity index (χ4n) is 1.62. The van der Waals surface area contributed by atoms with Crippen LogP contribution in [0.3, 0.4) is 0 Å². The molecule has 0 atom stereocenters. The summed E-state index contributed by atoms with van der Waals surface area (Å²) >= 11 is 0. The zero-order chi connectivity index (χ0) is 15.0. The molecule has 1 aromatic heterocycles. The lowest BCUT2D eigenvalue weighted by Gasteiger charge is -2.19. The Bertz CT molecular complexity index is 490. The number of aliphatic hydroxyl groups excluding tert-OH is 1. The minimum Gasteiger partial charge on any atom is -0.396 e. The number of hydrogen-bond acceptors (Lipinski definition) is 6. The van der Waals surface area contributed by atoms with E-state index in [1.54, 1.807) is 6.92 Å². The summed E-state index contributed by atoms with van der Waals surface area (Å²) in [6, 6.07) is 0. The highest BCUT2D eigenvalue weighted by Crippen LogP contribution is 2.14. The van der Waals surface area contributed by atoms with Crippen LogP contribution in [0.4, 0.5) is 5.95 Å². The van der Waals surface area contributed by atoms with Crippen molar-refractivity contribution in [2.45, 2.75) is 31.6 Å². The third kappa shape index (κ3) is 4.39. The lowest BCUT2D eigenvalue weighted by atomic mass is 10.4. The Hall–Kier alpha value is -1.25. The summed E-state index contributed by atoms with van der Waals surface area (Å²) in [6.07, 6.45) is 3.96.